The van der Waals surface area contributed by atoms with Gasteiger partial charge in [-0.1, -0.05) is 84.4 Å². The summed E-state index contributed by atoms with van der Waals surface area (Å²) in [6.07, 6.45) is 1.48. The van der Waals surface area contributed by atoms with Crippen LogP contribution in [0.4, 0.5) is 0 Å². The molecule has 0 aliphatic heterocycles. The summed E-state index contributed by atoms with van der Waals surface area (Å²) in [6.45, 7) is 1.75. The first-order chi connectivity index (χ1) is 18.1. The van der Waals surface area contributed by atoms with Crippen molar-refractivity contribution in [2.45, 2.75) is 6.92 Å². The third-order valence-corrected chi connectivity index (χ3v) is 5.91. The number of fused-ring (bicyclic) bond motifs is 2. The summed E-state index contributed by atoms with van der Waals surface area (Å²) in [5.74, 6) is 0.0749. The maximum absolute atomic E-state index is 12.8. The van der Waals surface area contributed by atoms with E-state index in [0.717, 1.165) is 27.1 Å². The van der Waals surface area contributed by atoms with E-state index in [1.54, 1.807) is 18.2 Å². The van der Waals surface area contributed by atoms with Crippen molar-refractivity contribution in [2.24, 2.45) is 5.10 Å². The number of carbonyl (C=O) groups is 2. The highest BCUT2D eigenvalue weighted by molar-refractivity contribution is 6.04. The number of benzene rings is 5. The van der Waals surface area contributed by atoms with Gasteiger partial charge in [-0.25, -0.2) is 10.2 Å². The fourth-order valence-electron chi connectivity index (χ4n) is 4.01. The fraction of sp³-hybridized carbons (Fsp3) is 0.0645. The number of hydrazone groups is 1. The molecule has 0 unspecified atom stereocenters. The van der Waals surface area contributed by atoms with E-state index >= 15 is 0 Å². The van der Waals surface area contributed by atoms with Crippen LogP contribution in [-0.2, 0) is 4.79 Å². The molecule has 5 aromatic carbocycles. The number of amides is 1. The standard InChI is InChI=1S/C31H24N2O4/c1-21-13-15-24(16-14-21)31(35)37-29-18-17-23-8-2-4-10-25(23)27(29)19-32-33-30(34)20-36-28-12-6-9-22-7-3-5-11-26(22)28/h2-19H,20H2,1H3,(H,33,34)/b32-19-. The lowest BCUT2D eigenvalue weighted by Crippen LogP contribution is -2.24. The van der Waals surface area contributed by atoms with E-state index in [-0.39, 0.29) is 6.61 Å². The monoisotopic (exact) mass is 488 g/mol. The number of nitrogens with one attached hydrogen (secondary N) is 1. The van der Waals surface area contributed by atoms with Gasteiger partial charge >= 0.3 is 5.97 Å². The Balaban J connectivity index is 1.32. The van der Waals surface area contributed by atoms with Gasteiger partial charge in [0.05, 0.1) is 11.8 Å². The first kappa shape index (κ1) is 23.8. The third kappa shape index (κ3) is 5.49. The number of nitrogens with zero attached hydrogens (tertiary/aromatic N) is 1. The molecule has 1 N–H and O–H groups in total. The van der Waals surface area contributed by atoms with Crippen molar-refractivity contribution in [3.63, 3.8) is 0 Å². The molecule has 6 nitrogen and oxygen atoms in total. The fourth-order valence-corrected chi connectivity index (χ4v) is 4.01. The number of esters is 1. The second-order valence-corrected chi connectivity index (χ2v) is 8.51. The summed E-state index contributed by atoms with van der Waals surface area (Å²) in [6, 6.07) is 31.9. The van der Waals surface area contributed by atoms with E-state index in [2.05, 4.69) is 10.5 Å². The lowest BCUT2D eigenvalue weighted by molar-refractivity contribution is -0.123. The van der Waals surface area contributed by atoms with Crippen LogP contribution in [0.3, 0.4) is 0 Å². The zero-order chi connectivity index (χ0) is 25.6. The van der Waals surface area contributed by atoms with Crippen molar-refractivity contribution in [1.29, 1.82) is 0 Å². The quantitative estimate of drug-likeness (QED) is 0.131. The van der Waals surface area contributed by atoms with Crippen molar-refractivity contribution in [3.8, 4) is 11.5 Å². The van der Waals surface area contributed by atoms with E-state index in [1.807, 2.05) is 91.9 Å². The Labute approximate surface area is 214 Å². The summed E-state index contributed by atoms with van der Waals surface area (Å²) >= 11 is 0. The Morgan fingerprint density at radius 3 is 2.22 bits per heavy atom. The van der Waals surface area contributed by atoms with Crippen LogP contribution >= 0.6 is 0 Å². The number of aryl methyl sites for hydroxylation is 1. The maximum Gasteiger partial charge on any atom is 0.343 e. The molecule has 5 aromatic rings. The zero-order valence-corrected chi connectivity index (χ0v) is 20.2. The molecule has 182 valence electrons. The molecular weight excluding hydrogens is 464 g/mol. The normalized spacial score (nSPS) is 11.1. The molecule has 0 fully saturated rings. The van der Waals surface area contributed by atoms with E-state index in [0.29, 0.717) is 22.6 Å². The van der Waals surface area contributed by atoms with Crippen LogP contribution in [-0.4, -0.2) is 24.7 Å². The minimum atomic E-state index is -0.475. The summed E-state index contributed by atoms with van der Waals surface area (Å²) in [5.41, 5.74) is 4.57. The highest BCUT2D eigenvalue weighted by atomic mass is 16.5. The average molecular weight is 489 g/mol. The molecular formula is C31H24N2O4. The van der Waals surface area contributed by atoms with Gasteiger partial charge in [-0.2, -0.15) is 5.10 Å². The second-order valence-electron chi connectivity index (χ2n) is 8.51. The van der Waals surface area contributed by atoms with Gasteiger partial charge in [-0.3, -0.25) is 4.79 Å². The molecule has 0 saturated heterocycles. The van der Waals surface area contributed by atoms with Gasteiger partial charge in [0, 0.05) is 10.9 Å². The number of hydrogen-bond donors (Lipinski definition) is 1. The summed E-state index contributed by atoms with van der Waals surface area (Å²) < 4.78 is 11.4. The molecule has 1 amide bonds. The molecule has 0 saturated carbocycles. The summed E-state index contributed by atoms with van der Waals surface area (Å²) in [5, 5.41) is 7.86. The van der Waals surface area contributed by atoms with Crippen molar-refractivity contribution < 1.29 is 19.1 Å². The molecule has 0 aliphatic rings. The van der Waals surface area contributed by atoms with Crippen molar-refractivity contribution in [1.82, 2.24) is 5.43 Å². The van der Waals surface area contributed by atoms with Gasteiger partial charge < -0.3 is 9.47 Å². The van der Waals surface area contributed by atoms with Crippen LogP contribution in [0.15, 0.2) is 108 Å². The first-order valence-electron chi connectivity index (χ1n) is 11.8. The number of ether oxygens (including phenoxy) is 2. The van der Waals surface area contributed by atoms with E-state index in [1.165, 1.54) is 6.21 Å². The Bertz CT molecular complexity index is 1620. The van der Waals surface area contributed by atoms with E-state index < -0.39 is 11.9 Å². The zero-order valence-electron chi connectivity index (χ0n) is 20.2. The predicted octanol–water partition coefficient (Wildman–Crippen LogP) is 6.05. The van der Waals surface area contributed by atoms with E-state index in [9.17, 15) is 9.59 Å². The third-order valence-electron chi connectivity index (χ3n) is 5.91. The lowest BCUT2D eigenvalue weighted by atomic mass is 10.0. The van der Waals surface area contributed by atoms with Crippen molar-refractivity contribution in [2.75, 3.05) is 6.61 Å². The van der Waals surface area contributed by atoms with Gasteiger partial charge in [0.15, 0.2) is 6.61 Å². The lowest BCUT2D eigenvalue weighted by Gasteiger charge is -2.11. The number of carbonyl (C=O) groups excluding carboxylic acids is 2. The molecule has 0 spiro atoms. The minimum absolute atomic E-state index is 0.198. The van der Waals surface area contributed by atoms with Crippen LogP contribution in [0.25, 0.3) is 21.5 Å². The summed E-state index contributed by atoms with van der Waals surface area (Å²) in [4.78, 5) is 25.2. The van der Waals surface area contributed by atoms with Gasteiger partial charge in [-0.05, 0) is 47.3 Å². The number of hydrogen-bond acceptors (Lipinski definition) is 5. The van der Waals surface area contributed by atoms with Crippen LogP contribution in [0, 0.1) is 6.92 Å². The van der Waals surface area contributed by atoms with Gasteiger partial charge in [0.2, 0.25) is 0 Å². The molecule has 0 heterocycles. The van der Waals surface area contributed by atoms with Gasteiger partial charge in [-0.15, -0.1) is 0 Å². The average Bonchev–Trinajstić information content (AvgIpc) is 2.93. The van der Waals surface area contributed by atoms with Crippen LogP contribution in [0.5, 0.6) is 11.5 Å². The molecule has 37 heavy (non-hydrogen) atoms. The minimum Gasteiger partial charge on any atom is -0.483 e. The Morgan fingerprint density at radius 2 is 1.43 bits per heavy atom. The molecule has 0 atom stereocenters. The molecule has 5 rings (SSSR count). The smallest absolute Gasteiger partial charge is 0.343 e. The SMILES string of the molecule is Cc1ccc(C(=O)Oc2ccc3ccccc3c2/C=N\NC(=O)COc2cccc3ccccc23)cc1. The second kappa shape index (κ2) is 10.7. The van der Waals surface area contributed by atoms with Crippen LogP contribution < -0.4 is 14.9 Å². The molecule has 0 bridgehead atoms. The van der Waals surface area contributed by atoms with Crippen molar-refractivity contribution in [3.05, 3.63) is 120 Å². The highest BCUT2D eigenvalue weighted by Gasteiger charge is 2.14. The maximum atomic E-state index is 12.8. The molecule has 0 aromatic heterocycles. The molecule has 0 aliphatic carbocycles. The topological polar surface area (TPSA) is 77.0 Å². The molecule has 0 radical (unpaired) electrons. The number of rotatable bonds is 7. The predicted molar refractivity (Wildman–Crippen MR) is 145 cm³/mol. The largest absolute Gasteiger partial charge is 0.483 e. The van der Waals surface area contributed by atoms with Gasteiger partial charge in [0.25, 0.3) is 5.91 Å². The van der Waals surface area contributed by atoms with E-state index in [4.69, 9.17) is 9.47 Å². The highest BCUT2D eigenvalue weighted by Crippen LogP contribution is 2.28. The first-order valence-corrected chi connectivity index (χ1v) is 11.8. The Morgan fingerprint density at radius 1 is 0.757 bits per heavy atom. The van der Waals surface area contributed by atoms with Crippen molar-refractivity contribution >= 4 is 39.6 Å². The summed E-state index contributed by atoms with van der Waals surface area (Å²) in [7, 11) is 0. The Hall–Kier alpha value is -4.97. The Kier molecular flexibility index (Phi) is 6.90. The van der Waals surface area contributed by atoms with Crippen LogP contribution in [0.1, 0.15) is 21.5 Å². The van der Waals surface area contributed by atoms with Gasteiger partial charge in [0.1, 0.15) is 11.5 Å². The molecule has 6 heteroatoms. The van der Waals surface area contributed by atoms with Crippen LogP contribution in [0.2, 0.25) is 0 Å².